The highest BCUT2D eigenvalue weighted by atomic mass is 32.2. The first-order valence-corrected chi connectivity index (χ1v) is 9.94. The Morgan fingerprint density at radius 2 is 1.50 bits per heavy atom. The Hall–Kier alpha value is -3.05. The number of hydrogen-bond acceptors (Lipinski definition) is 4. The average molecular weight is 391 g/mol. The average Bonchev–Trinajstić information content (AvgIpc) is 2.74. The number of ether oxygens (including phenoxy) is 1. The number of benzene rings is 3. The zero-order valence-corrected chi connectivity index (χ0v) is 16.3. The van der Waals surface area contributed by atoms with Crippen LogP contribution in [0.4, 0.5) is 5.69 Å². The highest BCUT2D eigenvalue weighted by molar-refractivity contribution is 8.00. The minimum Gasteiger partial charge on any atom is -0.452 e. The normalized spacial score (nSPS) is 11.5. The van der Waals surface area contributed by atoms with Gasteiger partial charge in [0.1, 0.15) is 0 Å². The number of amides is 1. The molecule has 3 rings (SSSR count). The number of carbonyl (C=O) groups excluding carboxylic acids is 2. The molecular formula is C23H21NO3S. The first-order chi connectivity index (χ1) is 13.6. The molecule has 5 heteroatoms. The maximum Gasteiger partial charge on any atom is 0.317 e. The third kappa shape index (κ3) is 5.47. The van der Waals surface area contributed by atoms with Gasteiger partial charge in [-0.1, -0.05) is 66.7 Å². The van der Waals surface area contributed by atoms with Gasteiger partial charge >= 0.3 is 5.97 Å². The van der Waals surface area contributed by atoms with Gasteiger partial charge in [0.05, 0.1) is 5.75 Å². The van der Waals surface area contributed by atoms with Crippen molar-refractivity contribution in [1.82, 2.24) is 0 Å². The van der Waals surface area contributed by atoms with Crippen molar-refractivity contribution in [2.75, 3.05) is 11.1 Å². The summed E-state index contributed by atoms with van der Waals surface area (Å²) in [6.45, 7) is 1.57. The van der Waals surface area contributed by atoms with E-state index in [0.29, 0.717) is 5.69 Å². The van der Waals surface area contributed by atoms with Crippen molar-refractivity contribution in [3.8, 4) is 11.1 Å². The molecule has 4 nitrogen and oxygen atoms in total. The largest absolute Gasteiger partial charge is 0.452 e. The summed E-state index contributed by atoms with van der Waals surface area (Å²) in [4.78, 5) is 25.5. The molecule has 0 spiro atoms. The molecule has 1 atom stereocenters. The molecule has 142 valence electrons. The lowest BCUT2D eigenvalue weighted by molar-refractivity contribution is -0.150. The van der Waals surface area contributed by atoms with Gasteiger partial charge in [-0.2, -0.15) is 0 Å². The van der Waals surface area contributed by atoms with Gasteiger partial charge in [-0.25, -0.2) is 0 Å². The van der Waals surface area contributed by atoms with Gasteiger partial charge in [-0.15, -0.1) is 11.8 Å². The molecule has 0 unspecified atom stereocenters. The molecule has 0 saturated carbocycles. The van der Waals surface area contributed by atoms with Crippen molar-refractivity contribution in [1.29, 1.82) is 0 Å². The van der Waals surface area contributed by atoms with E-state index in [2.05, 4.69) is 5.32 Å². The van der Waals surface area contributed by atoms with E-state index < -0.39 is 12.1 Å². The smallest absolute Gasteiger partial charge is 0.317 e. The van der Waals surface area contributed by atoms with Crippen LogP contribution in [0, 0.1) is 0 Å². The van der Waals surface area contributed by atoms with Crippen molar-refractivity contribution < 1.29 is 14.3 Å². The van der Waals surface area contributed by atoms with Crippen LogP contribution in [-0.4, -0.2) is 23.7 Å². The van der Waals surface area contributed by atoms with E-state index in [4.69, 9.17) is 4.74 Å². The predicted octanol–water partition coefficient (Wildman–Crippen LogP) is 5.02. The van der Waals surface area contributed by atoms with Crippen LogP contribution in [0.3, 0.4) is 0 Å². The Morgan fingerprint density at radius 3 is 2.21 bits per heavy atom. The highest BCUT2D eigenvalue weighted by Gasteiger charge is 2.19. The van der Waals surface area contributed by atoms with Crippen LogP contribution in [0.2, 0.25) is 0 Å². The molecule has 3 aromatic carbocycles. The topological polar surface area (TPSA) is 55.4 Å². The quantitative estimate of drug-likeness (QED) is 0.454. The lowest BCUT2D eigenvalue weighted by Gasteiger charge is -2.16. The summed E-state index contributed by atoms with van der Waals surface area (Å²) in [5, 5.41) is 2.86. The zero-order chi connectivity index (χ0) is 19.8. The molecule has 0 saturated heterocycles. The predicted molar refractivity (Wildman–Crippen MR) is 113 cm³/mol. The lowest BCUT2D eigenvalue weighted by Crippen LogP contribution is -2.30. The van der Waals surface area contributed by atoms with Crippen LogP contribution in [0.25, 0.3) is 11.1 Å². The molecule has 0 fully saturated rings. The molecule has 0 aliphatic heterocycles. The first kappa shape index (κ1) is 19.7. The van der Waals surface area contributed by atoms with Crippen LogP contribution in [0.15, 0.2) is 89.8 Å². The summed E-state index contributed by atoms with van der Waals surface area (Å²) >= 11 is 1.38. The Balaban J connectivity index is 1.58. The minimum atomic E-state index is -0.882. The van der Waals surface area contributed by atoms with E-state index >= 15 is 0 Å². The number of hydrogen-bond donors (Lipinski definition) is 1. The number of esters is 1. The van der Waals surface area contributed by atoms with Crippen molar-refractivity contribution in [2.45, 2.75) is 17.9 Å². The molecule has 0 radical (unpaired) electrons. The second-order valence-corrected chi connectivity index (χ2v) is 7.18. The SMILES string of the molecule is C[C@@H](OC(=O)CSc1ccccc1)C(=O)Nc1ccccc1-c1ccccc1. The van der Waals surface area contributed by atoms with Crippen LogP contribution in [0.5, 0.6) is 0 Å². The summed E-state index contributed by atoms with van der Waals surface area (Å²) in [5.41, 5.74) is 2.59. The van der Waals surface area contributed by atoms with Gasteiger partial charge in [0.25, 0.3) is 5.91 Å². The molecule has 0 heterocycles. The maximum absolute atomic E-state index is 12.5. The van der Waals surface area contributed by atoms with Gasteiger partial charge < -0.3 is 10.1 Å². The Kier molecular flexibility index (Phi) is 6.87. The van der Waals surface area contributed by atoms with Gasteiger partial charge in [0.15, 0.2) is 6.10 Å². The molecule has 0 aliphatic carbocycles. The summed E-state index contributed by atoms with van der Waals surface area (Å²) in [6, 6.07) is 26.9. The molecule has 3 aromatic rings. The van der Waals surface area contributed by atoms with Crippen molar-refractivity contribution >= 4 is 29.3 Å². The molecule has 28 heavy (non-hydrogen) atoms. The van der Waals surface area contributed by atoms with E-state index in [-0.39, 0.29) is 11.7 Å². The third-order valence-corrected chi connectivity index (χ3v) is 5.03. The number of para-hydroxylation sites is 1. The number of carbonyl (C=O) groups is 2. The van der Waals surface area contributed by atoms with Crippen LogP contribution < -0.4 is 5.32 Å². The van der Waals surface area contributed by atoms with E-state index in [1.807, 2.05) is 84.9 Å². The summed E-state index contributed by atoms with van der Waals surface area (Å²) < 4.78 is 5.28. The van der Waals surface area contributed by atoms with Crippen LogP contribution in [-0.2, 0) is 14.3 Å². The number of anilines is 1. The van der Waals surface area contributed by atoms with Crippen molar-refractivity contribution in [2.24, 2.45) is 0 Å². The lowest BCUT2D eigenvalue weighted by atomic mass is 10.0. The highest BCUT2D eigenvalue weighted by Crippen LogP contribution is 2.27. The molecular weight excluding hydrogens is 370 g/mol. The fourth-order valence-electron chi connectivity index (χ4n) is 2.64. The second-order valence-electron chi connectivity index (χ2n) is 6.13. The van der Waals surface area contributed by atoms with E-state index in [1.165, 1.54) is 11.8 Å². The fraction of sp³-hybridized carbons (Fsp3) is 0.130. The van der Waals surface area contributed by atoms with Crippen molar-refractivity contribution in [3.63, 3.8) is 0 Å². The van der Waals surface area contributed by atoms with Crippen molar-refractivity contribution in [3.05, 3.63) is 84.9 Å². The minimum absolute atomic E-state index is 0.155. The van der Waals surface area contributed by atoms with Crippen LogP contribution >= 0.6 is 11.8 Å². The number of rotatable bonds is 7. The van der Waals surface area contributed by atoms with E-state index in [0.717, 1.165) is 16.0 Å². The number of nitrogens with one attached hydrogen (secondary N) is 1. The Morgan fingerprint density at radius 1 is 0.893 bits per heavy atom. The van der Waals surface area contributed by atoms with Crippen LogP contribution in [0.1, 0.15) is 6.92 Å². The molecule has 0 aromatic heterocycles. The second kappa shape index (κ2) is 9.76. The zero-order valence-electron chi connectivity index (χ0n) is 15.5. The first-order valence-electron chi connectivity index (χ1n) is 8.96. The molecule has 1 amide bonds. The third-order valence-electron chi connectivity index (χ3n) is 4.05. The van der Waals surface area contributed by atoms with Gasteiger partial charge in [0, 0.05) is 16.1 Å². The standard InChI is InChI=1S/C23H21NO3S/c1-17(27-22(25)16-28-19-12-6-3-7-13-19)23(26)24-21-15-9-8-14-20(21)18-10-4-2-5-11-18/h2-15,17H,16H2,1H3,(H,24,26)/t17-/m1/s1. The van der Waals surface area contributed by atoms with Gasteiger partial charge in [0.2, 0.25) is 0 Å². The molecule has 0 bridgehead atoms. The molecule has 1 N–H and O–H groups in total. The van der Waals surface area contributed by atoms with E-state index in [1.54, 1.807) is 6.92 Å². The fourth-order valence-corrected chi connectivity index (χ4v) is 3.34. The van der Waals surface area contributed by atoms with Gasteiger partial charge in [-0.3, -0.25) is 9.59 Å². The molecule has 0 aliphatic rings. The van der Waals surface area contributed by atoms with Gasteiger partial charge in [-0.05, 0) is 30.7 Å². The summed E-state index contributed by atoms with van der Waals surface area (Å²) in [6.07, 6.45) is -0.882. The summed E-state index contributed by atoms with van der Waals surface area (Å²) in [7, 11) is 0. The Labute approximate surface area is 168 Å². The Bertz CT molecular complexity index is 929. The monoisotopic (exact) mass is 391 g/mol. The van der Waals surface area contributed by atoms with E-state index in [9.17, 15) is 9.59 Å². The maximum atomic E-state index is 12.5. The summed E-state index contributed by atoms with van der Waals surface area (Å²) in [5.74, 6) is -0.628. The number of thioether (sulfide) groups is 1.